The van der Waals surface area contributed by atoms with Gasteiger partial charge in [-0.05, 0) is 38.1 Å². The molecule has 2 heterocycles. The minimum Gasteiger partial charge on any atom is -0.357 e. The van der Waals surface area contributed by atoms with Crippen LogP contribution in [-0.4, -0.2) is 49.7 Å². The minimum absolute atomic E-state index is 0.630. The summed E-state index contributed by atoms with van der Waals surface area (Å²) in [5, 5.41) is 3.15. The van der Waals surface area contributed by atoms with E-state index in [4.69, 9.17) is 0 Å². The van der Waals surface area contributed by atoms with Crippen molar-refractivity contribution in [1.82, 2.24) is 15.2 Å². The summed E-state index contributed by atoms with van der Waals surface area (Å²) in [6, 6.07) is 4.93. The first-order valence-corrected chi connectivity index (χ1v) is 7.29. The van der Waals surface area contributed by atoms with Crippen molar-refractivity contribution in [2.75, 3.05) is 38.6 Å². The van der Waals surface area contributed by atoms with Crippen LogP contribution in [0.1, 0.15) is 25.3 Å². The van der Waals surface area contributed by atoms with Crippen molar-refractivity contribution in [1.29, 1.82) is 0 Å². The minimum atomic E-state index is 0.630. The van der Waals surface area contributed by atoms with E-state index in [2.05, 4.69) is 46.2 Å². The van der Waals surface area contributed by atoms with E-state index >= 15 is 0 Å². The fourth-order valence-corrected chi connectivity index (χ4v) is 2.74. The van der Waals surface area contributed by atoms with Gasteiger partial charge in [0, 0.05) is 38.9 Å². The number of hydrogen-bond donors (Lipinski definition) is 1. The van der Waals surface area contributed by atoms with Gasteiger partial charge in [0.15, 0.2) is 0 Å². The summed E-state index contributed by atoms with van der Waals surface area (Å²) in [6.07, 6.45) is 4.46. The summed E-state index contributed by atoms with van der Waals surface area (Å²) in [5.41, 5.74) is 1.24. The molecular weight excluding hydrogens is 236 g/mol. The number of likely N-dealkylation sites (tertiary alicyclic amines) is 1. The van der Waals surface area contributed by atoms with Crippen LogP contribution in [-0.2, 0) is 6.54 Å². The van der Waals surface area contributed by atoms with Gasteiger partial charge in [-0.3, -0.25) is 0 Å². The maximum atomic E-state index is 4.58. The van der Waals surface area contributed by atoms with E-state index in [1.807, 2.05) is 13.2 Å². The molecule has 0 aliphatic carbocycles. The van der Waals surface area contributed by atoms with Crippen LogP contribution in [0.4, 0.5) is 5.82 Å². The third-order valence-corrected chi connectivity index (χ3v) is 4.10. The third-order valence-electron chi connectivity index (χ3n) is 4.10. The van der Waals surface area contributed by atoms with Crippen LogP contribution in [0.3, 0.4) is 0 Å². The number of hydrogen-bond acceptors (Lipinski definition) is 4. The lowest BCUT2D eigenvalue weighted by Gasteiger charge is -2.36. The third kappa shape index (κ3) is 3.67. The first-order chi connectivity index (χ1) is 9.24. The molecule has 1 aromatic heterocycles. The second-order valence-electron chi connectivity index (χ2n) is 5.33. The number of rotatable bonds is 5. The Hall–Kier alpha value is -1.13. The zero-order valence-corrected chi connectivity index (χ0v) is 12.4. The number of nitrogens with zero attached hydrogens (tertiary/aromatic N) is 3. The maximum absolute atomic E-state index is 4.58. The molecule has 1 N–H and O–H groups in total. The van der Waals surface area contributed by atoms with Crippen LogP contribution in [0, 0.1) is 0 Å². The second kappa shape index (κ2) is 6.87. The molecule has 4 heteroatoms. The Balaban J connectivity index is 1.94. The highest BCUT2D eigenvalue weighted by molar-refractivity contribution is 5.39. The van der Waals surface area contributed by atoms with E-state index in [9.17, 15) is 0 Å². The number of nitrogens with one attached hydrogen (secondary N) is 1. The Kier molecular flexibility index (Phi) is 5.16. The van der Waals surface area contributed by atoms with Gasteiger partial charge in [0.05, 0.1) is 0 Å². The van der Waals surface area contributed by atoms with Crippen LogP contribution in [0.5, 0.6) is 0 Å². The van der Waals surface area contributed by atoms with Gasteiger partial charge in [0.1, 0.15) is 5.82 Å². The van der Waals surface area contributed by atoms with Crippen molar-refractivity contribution in [3.8, 4) is 0 Å². The summed E-state index contributed by atoms with van der Waals surface area (Å²) in [7, 11) is 4.13. The lowest BCUT2D eigenvalue weighted by Crippen LogP contribution is -2.43. The van der Waals surface area contributed by atoms with Crippen molar-refractivity contribution in [2.24, 2.45) is 0 Å². The molecule has 4 nitrogen and oxygen atoms in total. The lowest BCUT2D eigenvalue weighted by molar-refractivity contribution is 0.220. The Labute approximate surface area is 116 Å². The van der Waals surface area contributed by atoms with Crippen LogP contribution < -0.4 is 10.2 Å². The van der Waals surface area contributed by atoms with Crippen molar-refractivity contribution >= 4 is 5.82 Å². The van der Waals surface area contributed by atoms with Gasteiger partial charge >= 0.3 is 0 Å². The van der Waals surface area contributed by atoms with E-state index in [0.717, 1.165) is 12.4 Å². The Bertz CT molecular complexity index is 368. The van der Waals surface area contributed by atoms with Crippen LogP contribution >= 0.6 is 0 Å². The number of aromatic nitrogens is 1. The van der Waals surface area contributed by atoms with E-state index in [-0.39, 0.29) is 0 Å². The SMILES string of the molecule is CCN1CCC(N(C)c2ccc(CNC)cn2)CC1. The zero-order valence-electron chi connectivity index (χ0n) is 12.4. The Morgan fingerprint density at radius 1 is 1.37 bits per heavy atom. The largest absolute Gasteiger partial charge is 0.357 e. The van der Waals surface area contributed by atoms with Crippen molar-refractivity contribution < 1.29 is 0 Å². The van der Waals surface area contributed by atoms with E-state index in [1.165, 1.54) is 38.0 Å². The normalized spacial score (nSPS) is 17.6. The van der Waals surface area contributed by atoms with E-state index in [0.29, 0.717) is 6.04 Å². The van der Waals surface area contributed by atoms with Gasteiger partial charge in [-0.15, -0.1) is 0 Å². The Morgan fingerprint density at radius 2 is 2.11 bits per heavy atom. The predicted octanol–water partition coefficient (Wildman–Crippen LogP) is 1.72. The quantitative estimate of drug-likeness (QED) is 0.875. The highest BCUT2D eigenvalue weighted by Crippen LogP contribution is 2.20. The van der Waals surface area contributed by atoms with Crippen molar-refractivity contribution in [2.45, 2.75) is 32.4 Å². The van der Waals surface area contributed by atoms with Gasteiger partial charge in [-0.25, -0.2) is 4.98 Å². The van der Waals surface area contributed by atoms with Crippen LogP contribution in [0.2, 0.25) is 0 Å². The average molecular weight is 262 g/mol. The second-order valence-corrected chi connectivity index (χ2v) is 5.33. The molecule has 0 saturated carbocycles. The van der Waals surface area contributed by atoms with Gasteiger partial charge in [0.25, 0.3) is 0 Å². The topological polar surface area (TPSA) is 31.4 Å². The molecule has 0 amide bonds. The molecule has 0 aromatic carbocycles. The number of piperidine rings is 1. The molecule has 1 aliphatic heterocycles. The van der Waals surface area contributed by atoms with E-state index in [1.54, 1.807) is 0 Å². The molecule has 0 radical (unpaired) electrons. The van der Waals surface area contributed by atoms with Gasteiger partial charge in [-0.2, -0.15) is 0 Å². The van der Waals surface area contributed by atoms with Crippen molar-refractivity contribution in [3.63, 3.8) is 0 Å². The van der Waals surface area contributed by atoms with Gasteiger partial charge < -0.3 is 15.1 Å². The van der Waals surface area contributed by atoms with Crippen LogP contribution in [0.25, 0.3) is 0 Å². The summed E-state index contributed by atoms with van der Waals surface area (Å²) in [5.74, 6) is 1.09. The molecule has 1 fully saturated rings. The molecule has 0 atom stereocenters. The van der Waals surface area contributed by atoms with Crippen molar-refractivity contribution in [3.05, 3.63) is 23.9 Å². The summed E-state index contributed by atoms with van der Waals surface area (Å²) in [4.78, 5) is 9.45. The number of anilines is 1. The zero-order chi connectivity index (χ0) is 13.7. The molecule has 0 spiro atoms. The highest BCUT2D eigenvalue weighted by atomic mass is 15.2. The maximum Gasteiger partial charge on any atom is 0.128 e. The molecule has 2 rings (SSSR count). The average Bonchev–Trinajstić information content (AvgIpc) is 2.48. The molecule has 0 unspecified atom stereocenters. The fraction of sp³-hybridized carbons (Fsp3) is 0.667. The molecular formula is C15H26N4. The van der Waals surface area contributed by atoms with Crippen LogP contribution in [0.15, 0.2) is 18.3 Å². The molecule has 1 saturated heterocycles. The van der Waals surface area contributed by atoms with E-state index < -0.39 is 0 Å². The summed E-state index contributed by atoms with van der Waals surface area (Å²) in [6.45, 7) is 6.72. The molecule has 19 heavy (non-hydrogen) atoms. The van der Waals surface area contributed by atoms with Gasteiger partial charge in [0.2, 0.25) is 0 Å². The Morgan fingerprint density at radius 3 is 2.63 bits per heavy atom. The predicted molar refractivity (Wildman–Crippen MR) is 80.5 cm³/mol. The molecule has 106 valence electrons. The first kappa shape index (κ1) is 14.3. The monoisotopic (exact) mass is 262 g/mol. The molecule has 1 aromatic rings. The molecule has 1 aliphatic rings. The van der Waals surface area contributed by atoms with Gasteiger partial charge in [-0.1, -0.05) is 13.0 Å². The molecule has 0 bridgehead atoms. The standard InChI is InChI=1S/C15H26N4/c1-4-19-9-7-14(8-10-19)18(3)15-6-5-13(11-16-2)12-17-15/h5-6,12,14,16H,4,7-11H2,1-3H3. The first-order valence-electron chi connectivity index (χ1n) is 7.29. The fourth-order valence-electron chi connectivity index (χ4n) is 2.74. The summed E-state index contributed by atoms with van der Waals surface area (Å²) < 4.78 is 0. The lowest BCUT2D eigenvalue weighted by atomic mass is 10.0. The number of pyridine rings is 1. The summed E-state index contributed by atoms with van der Waals surface area (Å²) >= 11 is 0. The highest BCUT2D eigenvalue weighted by Gasteiger charge is 2.22. The smallest absolute Gasteiger partial charge is 0.128 e.